The molecule has 96 valence electrons. The second-order valence-electron chi connectivity index (χ2n) is 4.10. The van der Waals surface area contributed by atoms with Crippen molar-refractivity contribution in [3.63, 3.8) is 0 Å². The van der Waals surface area contributed by atoms with Crippen molar-refractivity contribution in [3.05, 3.63) is 52.9 Å². The van der Waals surface area contributed by atoms with Gasteiger partial charge in [0.05, 0.1) is 11.3 Å². The molecule has 0 aliphatic carbocycles. The van der Waals surface area contributed by atoms with Gasteiger partial charge in [0, 0.05) is 18.8 Å². The van der Waals surface area contributed by atoms with Crippen LogP contribution in [0.15, 0.2) is 24.4 Å². The van der Waals surface area contributed by atoms with Crippen molar-refractivity contribution in [2.75, 3.05) is 0 Å². The number of halogens is 2. The largest absolute Gasteiger partial charge is 0.383 e. The van der Waals surface area contributed by atoms with Gasteiger partial charge in [-0.25, -0.2) is 8.78 Å². The maximum atomic E-state index is 13.6. The molecular weight excluding hydrogens is 238 g/mol. The van der Waals surface area contributed by atoms with Crippen LogP contribution in [0.1, 0.15) is 29.8 Å². The number of aliphatic hydroxyl groups excluding tert-OH is 1. The third kappa shape index (κ3) is 2.13. The molecule has 0 radical (unpaired) electrons. The predicted molar refractivity (Wildman–Crippen MR) is 63.0 cm³/mol. The highest BCUT2D eigenvalue weighted by atomic mass is 19.1. The normalized spacial score (nSPS) is 12.7. The van der Waals surface area contributed by atoms with E-state index in [2.05, 4.69) is 5.10 Å². The highest BCUT2D eigenvalue weighted by Gasteiger charge is 2.23. The summed E-state index contributed by atoms with van der Waals surface area (Å²) in [7, 11) is 1.70. The van der Waals surface area contributed by atoms with Crippen LogP contribution in [-0.4, -0.2) is 14.9 Å². The summed E-state index contributed by atoms with van der Waals surface area (Å²) >= 11 is 0. The molecule has 2 aromatic rings. The van der Waals surface area contributed by atoms with E-state index in [4.69, 9.17) is 0 Å². The Kier molecular flexibility index (Phi) is 3.43. The molecule has 1 aromatic carbocycles. The number of aryl methyl sites for hydroxylation is 2. The fourth-order valence-corrected chi connectivity index (χ4v) is 1.98. The molecular formula is C13H14F2N2O. The van der Waals surface area contributed by atoms with Crippen LogP contribution < -0.4 is 0 Å². The van der Waals surface area contributed by atoms with E-state index in [0.717, 1.165) is 12.1 Å². The van der Waals surface area contributed by atoms with Crippen LogP contribution in [0.2, 0.25) is 0 Å². The Hall–Kier alpha value is -1.75. The summed E-state index contributed by atoms with van der Waals surface area (Å²) in [6.45, 7) is 1.87. The maximum Gasteiger partial charge on any atom is 0.132 e. The SMILES string of the molecule is CCc1nn(C)cc1C(O)c1c(F)cccc1F. The average molecular weight is 252 g/mol. The van der Waals surface area contributed by atoms with Crippen LogP contribution in [0, 0.1) is 11.6 Å². The van der Waals surface area contributed by atoms with Crippen molar-refractivity contribution < 1.29 is 13.9 Å². The van der Waals surface area contributed by atoms with Crippen molar-refractivity contribution >= 4 is 0 Å². The highest BCUT2D eigenvalue weighted by molar-refractivity contribution is 5.33. The van der Waals surface area contributed by atoms with Gasteiger partial charge in [0.2, 0.25) is 0 Å². The third-order valence-corrected chi connectivity index (χ3v) is 2.84. The summed E-state index contributed by atoms with van der Waals surface area (Å²) < 4.78 is 28.7. The Balaban J connectivity index is 2.50. The molecule has 0 aliphatic rings. The molecule has 0 bridgehead atoms. The second-order valence-corrected chi connectivity index (χ2v) is 4.10. The van der Waals surface area contributed by atoms with E-state index < -0.39 is 17.7 Å². The molecule has 1 heterocycles. The Morgan fingerprint density at radius 1 is 1.33 bits per heavy atom. The van der Waals surface area contributed by atoms with E-state index in [1.807, 2.05) is 6.92 Å². The minimum atomic E-state index is -1.34. The average Bonchev–Trinajstić information content (AvgIpc) is 2.70. The van der Waals surface area contributed by atoms with Gasteiger partial charge in [0.25, 0.3) is 0 Å². The number of rotatable bonds is 3. The first-order valence-corrected chi connectivity index (χ1v) is 5.69. The molecule has 0 aliphatic heterocycles. The number of hydrogen-bond donors (Lipinski definition) is 1. The first-order valence-electron chi connectivity index (χ1n) is 5.69. The van der Waals surface area contributed by atoms with Crippen molar-refractivity contribution in [1.82, 2.24) is 9.78 Å². The zero-order chi connectivity index (χ0) is 13.3. The van der Waals surface area contributed by atoms with Gasteiger partial charge < -0.3 is 5.11 Å². The summed E-state index contributed by atoms with van der Waals surface area (Å²) in [6.07, 6.45) is 0.827. The van der Waals surface area contributed by atoms with E-state index in [0.29, 0.717) is 17.7 Å². The Bertz CT molecular complexity index is 546. The van der Waals surface area contributed by atoms with E-state index in [1.165, 1.54) is 10.7 Å². The van der Waals surface area contributed by atoms with Gasteiger partial charge in [-0.05, 0) is 18.6 Å². The molecule has 0 amide bonds. The standard InChI is InChI=1S/C13H14F2N2O/c1-3-11-8(7-17(2)16-11)13(18)12-9(14)5-4-6-10(12)15/h4-7,13,18H,3H2,1-2H3. The molecule has 2 rings (SSSR count). The Morgan fingerprint density at radius 2 is 1.94 bits per heavy atom. The van der Waals surface area contributed by atoms with Crippen LogP contribution >= 0.6 is 0 Å². The summed E-state index contributed by atoms with van der Waals surface area (Å²) in [5.41, 5.74) is 0.733. The lowest BCUT2D eigenvalue weighted by Crippen LogP contribution is -2.07. The molecule has 0 saturated heterocycles. The van der Waals surface area contributed by atoms with Crippen molar-refractivity contribution in [2.45, 2.75) is 19.4 Å². The monoisotopic (exact) mass is 252 g/mol. The maximum absolute atomic E-state index is 13.6. The quantitative estimate of drug-likeness (QED) is 0.910. The van der Waals surface area contributed by atoms with E-state index in [-0.39, 0.29) is 5.56 Å². The molecule has 1 unspecified atom stereocenters. The van der Waals surface area contributed by atoms with Crippen LogP contribution in [0.4, 0.5) is 8.78 Å². The summed E-state index contributed by atoms with van der Waals surface area (Å²) in [5, 5.41) is 14.3. The van der Waals surface area contributed by atoms with Crippen molar-refractivity contribution in [3.8, 4) is 0 Å². The zero-order valence-electron chi connectivity index (χ0n) is 10.2. The summed E-state index contributed by atoms with van der Waals surface area (Å²) in [4.78, 5) is 0. The van der Waals surface area contributed by atoms with Gasteiger partial charge in [0.15, 0.2) is 0 Å². The van der Waals surface area contributed by atoms with Crippen LogP contribution in [0.25, 0.3) is 0 Å². The number of hydrogen-bond acceptors (Lipinski definition) is 2. The van der Waals surface area contributed by atoms with E-state index >= 15 is 0 Å². The molecule has 0 fully saturated rings. The molecule has 1 aromatic heterocycles. The molecule has 3 nitrogen and oxygen atoms in total. The van der Waals surface area contributed by atoms with E-state index in [1.54, 1.807) is 13.2 Å². The lowest BCUT2D eigenvalue weighted by atomic mass is 10.00. The number of aromatic nitrogens is 2. The predicted octanol–water partition coefficient (Wildman–Crippen LogP) is 2.34. The smallest absolute Gasteiger partial charge is 0.132 e. The summed E-state index contributed by atoms with van der Waals surface area (Å²) in [6, 6.07) is 3.53. The summed E-state index contributed by atoms with van der Waals surface area (Å²) in [5.74, 6) is -1.51. The first kappa shape index (κ1) is 12.7. The first-order chi connectivity index (χ1) is 8.54. The van der Waals surface area contributed by atoms with Crippen LogP contribution in [-0.2, 0) is 13.5 Å². The van der Waals surface area contributed by atoms with Gasteiger partial charge in [-0.2, -0.15) is 5.10 Å². The molecule has 18 heavy (non-hydrogen) atoms. The Morgan fingerprint density at radius 3 is 2.50 bits per heavy atom. The minimum Gasteiger partial charge on any atom is -0.383 e. The fraction of sp³-hybridized carbons (Fsp3) is 0.308. The molecule has 1 N–H and O–H groups in total. The van der Waals surface area contributed by atoms with Gasteiger partial charge in [0.1, 0.15) is 17.7 Å². The van der Waals surface area contributed by atoms with E-state index in [9.17, 15) is 13.9 Å². The van der Waals surface area contributed by atoms with Crippen LogP contribution in [0.3, 0.4) is 0 Å². The zero-order valence-corrected chi connectivity index (χ0v) is 10.2. The Labute approximate surface area is 104 Å². The highest BCUT2D eigenvalue weighted by Crippen LogP contribution is 2.28. The van der Waals surface area contributed by atoms with Gasteiger partial charge in [-0.1, -0.05) is 13.0 Å². The second kappa shape index (κ2) is 4.86. The lowest BCUT2D eigenvalue weighted by molar-refractivity contribution is 0.208. The number of benzene rings is 1. The van der Waals surface area contributed by atoms with Crippen molar-refractivity contribution in [2.24, 2.45) is 7.05 Å². The molecule has 1 atom stereocenters. The van der Waals surface area contributed by atoms with Gasteiger partial charge in [-0.15, -0.1) is 0 Å². The molecule has 0 spiro atoms. The fourth-order valence-electron chi connectivity index (χ4n) is 1.98. The topological polar surface area (TPSA) is 38.0 Å². The van der Waals surface area contributed by atoms with Gasteiger partial charge in [-0.3, -0.25) is 4.68 Å². The molecule has 0 saturated carbocycles. The minimum absolute atomic E-state index is 0.333. The molecule has 5 heteroatoms. The number of nitrogens with zero attached hydrogens (tertiary/aromatic N) is 2. The third-order valence-electron chi connectivity index (χ3n) is 2.84. The lowest BCUT2D eigenvalue weighted by Gasteiger charge is -2.12. The van der Waals surface area contributed by atoms with Crippen molar-refractivity contribution in [1.29, 1.82) is 0 Å². The van der Waals surface area contributed by atoms with Crippen LogP contribution in [0.5, 0.6) is 0 Å². The van der Waals surface area contributed by atoms with Gasteiger partial charge >= 0.3 is 0 Å². The number of aliphatic hydroxyl groups is 1.